The molecule has 1 heterocycles. The lowest BCUT2D eigenvalue weighted by Crippen LogP contribution is -2.47. The summed E-state index contributed by atoms with van der Waals surface area (Å²) in [5, 5.41) is 9.05. The second kappa shape index (κ2) is 6.03. The normalized spacial score (nSPS) is 23.5. The van der Waals surface area contributed by atoms with Crippen LogP contribution in [-0.4, -0.2) is 59.4 Å². The van der Waals surface area contributed by atoms with Crippen molar-refractivity contribution in [2.45, 2.75) is 39.0 Å². The Morgan fingerprint density at radius 3 is 2.52 bits per heavy atom. The van der Waals surface area contributed by atoms with E-state index in [0.29, 0.717) is 19.4 Å². The first-order valence-electron chi connectivity index (χ1n) is 7.66. The van der Waals surface area contributed by atoms with Crippen molar-refractivity contribution in [3.05, 3.63) is 0 Å². The van der Waals surface area contributed by atoms with Gasteiger partial charge in [0, 0.05) is 25.6 Å². The molecule has 1 aliphatic carbocycles. The Labute approximate surface area is 125 Å². The summed E-state index contributed by atoms with van der Waals surface area (Å²) < 4.78 is 0. The van der Waals surface area contributed by atoms with Crippen LogP contribution in [0, 0.1) is 11.3 Å². The van der Waals surface area contributed by atoms with E-state index in [2.05, 4.69) is 0 Å². The average molecular weight is 296 g/mol. The lowest BCUT2D eigenvalue weighted by Gasteiger charge is -2.32. The van der Waals surface area contributed by atoms with E-state index in [1.807, 2.05) is 6.92 Å². The van der Waals surface area contributed by atoms with Crippen molar-refractivity contribution in [1.29, 1.82) is 0 Å². The number of carboxylic acid groups (broad SMARTS) is 1. The minimum Gasteiger partial charge on any atom is -0.481 e. The smallest absolute Gasteiger partial charge is 0.308 e. The number of carbonyl (C=O) groups is 3. The quantitative estimate of drug-likeness (QED) is 0.819. The van der Waals surface area contributed by atoms with E-state index in [4.69, 9.17) is 5.11 Å². The Morgan fingerprint density at radius 1 is 1.33 bits per heavy atom. The highest BCUT2D eigenvalue weighted by Crippen LogP contribution is 2.49. The van der Waals surface area contributed by atoms with Crippen molar-refractivity contribution in [2.24, 2.45) is 11.3 Å². The zero-order valence-corrected chi connectivity index (χ0v) is 12.8. The summed E-state index contributed by atoms with van der Waals surface area (Å²) in [6.45, 7) is 2.90. The number of hydrogen-bond donors (Lipinski definition) is 1. The molecule has 1 N–H and O–H groups in total. The highest BCUT2D eigenvalue weighted by atomic mass is 16.4. The van der Waals surface area contributed by atoms with Crippen molar-refractivity contribution in [3.63, 3.8) is 0 Å². The van der Waals surface area contributed by atoms with Gasteiger partial charge in [0.05, 0.1) is 12.5 Å². The number of carbonyl (C=O) groups excluding carboxylic acids is 2. The third-order valence-corrected chi connectivity index (χ3v) is 4.83. The van der Waals surface area contributed by atoms with Gasteiger partial charge < -0.3 is 14.9 Å². The fourth-order valence-electron chi connectivity index (χ4n) is 3.05. The molecule has 2 fully saturated rings. The number of carboxylic acids is 1. The second-order valence-electron chi connectivity index (χ2n) is 6.31. The highest BCUT2D eigenvalue weighted by Gasteiger charge is 2.49. The Morgan fingerprint density at radius 2 is 2.00 bits per heavy atom. The molecule has 0 bridgehead atoms. The Balaban J connectivity index is 1.89. The van der Waals surface area contributed by atoms with Crippen LogP contribution in [0.4, 0.5) is 0 Å². The van der Waals surface area contributed by atoms with E-state index in [9.17, 15) is 14.4 Å². The number of nitrogens with zero attached hydrogens (tertiary/aromatic N) is 2. The molecule has 1 aliphatic heterocycles. The first kappa shape index (κ1) is 15.8. The molecular formula is C15H24N2O4. The summed E-state index contributed by atoms with van der Waals surface area (Å²) in [6, 6.07) is 0. The van der Waals surface area contributed by atoms with Crippen LogP contribution in [0.3, 0.4) is 0 Å². The summed E-state index contributed by atoms with van der Waals surface area (Å²) >= 11 is 0. The molecule has 1 saturated heterocycles. The van der Waals surface area contributed by atoms with Crippen molar-refractivity contribution < 1.29 is 19.5 Å². The van der Waals surface area contributed by atoms with Gasteiger partial charge in [-0.05, 0) is 32.1 Å². The number of rotatable bonds is 5. The van der Waals surface area contributed by atoms with E-state index in [-0.39, 0.29) is 30.3 Å². The van der Waals surface area contributed by atoms with Crippen molar-refractivity contribution in [3.8, 4) is 0 Å². The molecule has 0 radical (unpaired) electrons. The largest absolute Gasteiger partial charge is 0.481 e. The number of aliphatic carboxylic acids is 1. The number of likely N-dealkylation sites (tertiary alicyclic amines) is 1. The van der Waals surface area contributed by atoms with Gasteiger partial charge in [0.25, 0.3) is 0 Å². The summed E-state index contributed by atoms with van der Waals surface area (Å²) in [5.41, 5.74) is -0.236. The van der Waals surface area contributed by atoms with E-state index in [1.54, 1.807) is 11.9 Å². The minimum absolute atomic E-state index is 0.0464. The summed E-state index contributed by atoms with van der Waals surface area (Å²) in [7, 11) is 1.66. The van der Waals surface area contributed by atoms with Crippen LogP contribution in [0.25, 0.3) is 0 Å². The van der Waals surface area contributed by atoms with Crippen LogP contribution in [0.1, 0.15) is 39.0 Å². The van der Waals surface area contributed by atoms with Crippen LogP contribution in [0.2, 0.25) is 0 Å². The molecule has 0 spiro atoms. The number of likely N-dealkylation sites (N-methyl/N-ethyl adjacent to an activating group) is 1. The van der Waals surface area contributed by atoms with Gasteiger partial charge in [-0.15, -0.1) is 0 Å². The second-order valence-corrected chi connectivity index (χ2v) is 6.31. The Kier molecular flexibility index (Phi) is 4.54. The number of hydrogen-bond acceptors (Lipinski definition) is 3. The molecule has 6 heteroatoms. The van der Waals surface area contributed by atoms with E-state index in [0.717, 1.165) is 19.3 Å². The van der Waals surface area contributed by atoms with E-state index >= 15 is 0 Å². The predicted octanol–water partition coefficient (Wildman–Crippen LogP) is 0.958. The lowest BCUT2D eigenvalue weighted by molar-refractivity contribution is -0.148. The molecule has 6 nitrogen and oxygen atoms in total. The van der Waals surface area contributed by atoms with Crippen molar-refractivity contribution >= 4 is 17.8 Å². The number of piperidine rings is 1. The Bertz CT molecular complexity index is 445. The van der Waals surface area contributed by atoms with Gasteiger partial charge in [-0.1, -0.05) is 6.92 Å². The molecular weight excluding hydrogens is 272 g/mol. The van der Waals surface area contributed by atoms with Crippen LogP contribution < -0.4 is 0 Å². The molecule has 118 valence electrons. The van der Waals surface area contributed by atoms with Gasteiger partial charge in [-0.25, -0.2) is 0 Å². The topological polar surface area (TPSA) is 77.9 Å². The zero-order chi connectivity index (χ0) is 15.6. The zero-order valence-electron chi connectivity index (χ0n) is 12.8. The predicted molar refractivity (Wildman–Crippen MR) is 76.5 cm³/mol. The standard InChI is InChI=1S/C15H24N2O4/c1-3-15(6-7-15)14(21)16(2)10-12(18)17-8-4-5-11(9-17)13(19)20/h11H,3-10H2,1-2H3,(H,19,20). The van der Waals surface area contributed by atoms with Gasteiger partial charge in [0.1, 0.15) is 0 Å². The highest BCUT2D eigenvalue weighted by molar-refractivity contribution is 5.89. The summed E-state index contributed by atoms with van der Waals surface area (Å²) in [5.74, 6) is -1.43. The van der Waals surface area contributed by atoms with Crippen LogP contribution >= 0.6 is 0 Å². The molecule has 1 unspecified atom stereocenters. The first-order chi connectivity index (χ1) is 9.89. The van der Waals surface area contributed by atoms with Crippen LogP contribution in [0.5, 0.6) is 0 Å². The third kappa shape index (κ3) is 3.36. The Hall–Kier alpha value is -1.59. The maximum Gasteiger partial charge on any atom is 0.308 e. The van der Waals surface area contributed by atoms with E-state index in [1.165, 1.54) is 4.90 Å². The van der Waals surface area contributed by atoms with Gasteiger partial charge in [0.2, 0.25) is 11.8 Å². The average Bonchev–Trinajstić information content (AvgIpc) is 3.27. The van der Waals surface area contributed by atoms with Gasteiger partial charge in [-0.3, -0.25) is 14.4 Å². The fourth-order valence-corrected chi connectivity index (χ4v) is 3.05. The van der Waals surface area contributed by atoms with Gasteiger partial charge >= 0.3 is 5.97 Å². The maximum absolute atomic E-state index is 12.3. The van der Waals surface area contributed by atoms with Gasteiger partial charge in [0.15, 0.2) is 0 Å². The third-order valence-electron chi connectivity index (χ3n) is 4.83. The summed E-state index contributed by atoms with van der Waals surface area (Å²) in [4.78, 5) is 38.7. The molecule has 2 aliphatic rings. The molecule has 2 amide bonds. The molecule has 0 aromatic rings. The fraction of sp³-hybridized carbons (Fsp3) is 0.800. The molecule has 1 atom stereocenters. The minimum atomic E-state index is -0.847. The molecule has 2 rings (SSSR count). The molecule has 21 heavy (non-hydrogen) atoms. The summed E-state index contributed by atoms with van der Waals surface area (Å²) in [6.07, 6.45) is 3.96. The van der Waals surface area contributed by atoms with Crippen molar-refractivity contribution in [1.82, 2.24) is 9.80 Å². The molecule has 0 aromatic carbocycles. The maximum atomic E-state index is 12.3. The first-order valence-corrected chi connectivity index (χ1v) is 7.66. The molecule has 0 aromatic heterocycles. The van der Waals surface area contributed by atoms with Gasteiger partial charge in [-0.2, -0.15) is 0 Å². The van der Waals surface area contributed by atoms with Crippen molar-refractivity contribution in [2.75, 3.05) is 26.7 Å². The molecule has 1 saturated carbocycles. The van der Waals surface area contributed by atoms with Crippen LogP contribution in [-0.2, 0) is 14.4 Å². The lowest BCUT2D eigenvalue weighted by atomic mass is 9.98. The van der Waals surface area contributed by atoms with E-state index < -0.39 is 11.9 Å². The monoisotopic (exact) mass is 296 g/mol. The SMILES string of the molecule is CCC1(C(=O)N(C)CC(=O)N2CCCC(C(=O)O)C2)CC1. The number of amides is 2. The van der Waals surface area contributed by atoms with Crippen LogP contribution in [0.15, 0.2) is 0 Å².